The van der Waals surface area contributed by atoms with Crippen LogP contribution in [0.3, 0.4) is 0 Å². The van der Waals surface area contributed by atoms with Crippen molar-refractivity contribution < 1.29 is 4.74 Å². The van der Waals surface area contributed by atoms with Gasteiger partial charge in [-0.1, -0.05) is 12.1 Å². The predicted molar refractivity (Wildman–Crippen MR) is 86.8 cm³/mol. The van der Waals surface area contributed by atoms with Gasteiger partial charge in [-0.3, -0.25) is 4.90 Å². The zero-order chi connectivity index (χ0) is 14.9. The molecule has 1 aromatic carbocycles. The van der Waals surface area contributed by atoms with Crippen LogP contribution in [0.4, 0.5) is 0 Å². The molecule has 1 N–H and O–H groups in total. The first kappa shape index (κ1) is 14.9. The Morgan fingerprint density at radius 1 is 1.14 bits per heavy atom. The Bertz CT molecular complexity index is 459. The van der Waals surface area contributed by atoms with Crippen molar-refractivity contribution in [1.82, 2.24) is 10.2 Å². The van der Waals surface area contributed by atoms with Crippen molar-refractivity contribution >= 4 is 0 Å². The molecule has 116 valence electrons. The number of likely N-dealkylation sites (tertiary alicyclic amines) is 1. The molecule has 0 radical (unpaired) electrons. The third-order valence-electron chi connectivity index (χ3n) is 4.96. The first-order valence-electron chi connectivity index (χ1n) is 8.30. The Labute approximate surface area is 128 Å². The zero-order valence-electron chi connectivity index (χ0n) is 13.6. The maximum atomic E-state index is 5.85. The molecule has 3 rings (SSSR count). The molecule has 2 fully saturated rings. The monoisotopic (exact) mass is 288 g/mol. The Hall–Kier alpha value is -1.06. The van der Waals surface area contributed by atoms with Crippen molar-refractivity contribution in [2.45, 2.75) is 57.2 Å². The summed E-state index contributed by atoms with van der Waals surface area (Å²) in [5, 5.41) is 3.53. The molecule has 0 spiro atoms. The second-order valence-corrected chi connectivity index (χ2v) is 6.96. The fourth-order valence-corrected chi connectivity index (χ4v) is 3.52. The molecule has 0 aromatic heterocycles. The van der Waals surface area contributed by atoms with Gasteiger partial charge in [-0.25, -0.2) is 0 Å². The SMILES string of the molecule is CNC(c1ccc(OC2CC2)cc1)C(C)(C)N1CCCC1. The Kier molecular flexibility index (Phi) is 4.23. The molecule has 0 amide bonds. The molecule has 1 aromatic rings. The van der Waals surface area contributed by atoms with Gasteiger partial charge < -0.3 is 10.1 Å². The lowest BCUT2D eigenvalue weighted by molar-refractivity contribution is 0.110. The van der Waals surface area contributed by atoms with Crippen molar-refractivity contribution in [3.63, 3.8) is 0 Å². The Morgan fingerprint density at radius 2 is 1.76 bits per heavy atom. The summed E-state index contributed by atoms with van der Waals surface area (Å²) in [6, 6.07) is 9.02. The second-order valence-electron chi connectivity index (χ2n) is 6.96. The molecule has 1 saturated carbocycles. The quantitative estimate of drug-likeness (QED) is 0.868. The number of likely N-dealkylation sites (N-methyl/N-ethyl adjacent to an activating group) is 1. The maximum absolute atomic E-state index is 5.85. The fourth-order valence-electron chi connectivity index (χ4n) is 3.52. The number of nitrogens with one attached hydrogen (secondary N) is 1. The standard InChI is InChI=1S/C18H28N2O/c1-18(2,20-12-4-5-13-20)17(19-3)14-6-8-15(9-7-14)21-16-10-11-16/h6-9,16-17,19H,4-5,10-13H2,1-3H3. The van der Waals surface area contributed by atoms with Gasteiger partial charge in [0.05, 0.1) is 6.10 Å². The van der Waals surface area contributed by atoms with Crippen LogP contribution in [0, 0.1) is 0 Å². The molecule has 21 heavy (non-hydrogen) atoms. The van der Waals surface area contributed by atoms with E-state index >= 15 is 0 Å². The lowest BCUT2D eigenvalue weighted by Gasteiger charge is -2.42. The van der Waals surface area contributed by atoms with Gasteiger partial charge in [-0.2, -0.15) is 0 Å². The molecule has 2 aliphatic rings. The molecular weight excluding hydrogens is 260 g/mol. The summed E-state index contributed by atoms with van der Waals surface area (Å²) in [5.74, 6) is 1.01. The van der Waals surface area contributed by atoms with Gasteiger partial charge in [0.2, 0.25) is 0 Å². The van der Waals surface area contributed by atoms with Crippen LogP contribution < -0.4 is 10.1 Å². The van der Waals surface area contributed by atoms with Gasteiger partial charge in [0.1, 0.15) is 5.75 Å². The topological polar surface area (TPSA) is 24.5 Å². The zero-order valence-corrected chi connectivity index (χ0v) is 13.6. The van der Waals surface area contributed by atoms with E-state index in [1.165, 1.54) is 44.3 Å². The highest BCUT2D eigenvalue weighted by atomic mass is 16.5. The average molecular weight is 288 g/mol. The number of benzene rings is 1. The third-order valence-corrected chi connectivity index (χ3v) is 4.96. The summed E-state index contributed by atoms with van der Waals surface area (Å²) in [7, 11) is 2.07. The number of ether oxygens (including phenoxy) is 1. The van der Waals surface area contributed by atoms with E-state index in [9.17, 15) is 0 Å². The summed E-state index contributed by atoms with van der Waals surface area (Å²) < 4.78 is 5.85. The number of hydrogen-bond donors (Lipinski definition) is 1. The Morgan fingerprint density at radius 3 is 2.29 bits per heavy atom. The third kappa shape index (κ3) is 3.24. The first-order chi connectivity index (χ1) is 10.1. The minimum atomic E-state index is 0.129. The van der Waals surface area contributed by atoms with Gasteiger partial charge in [0.15, 0.2) is 0 Å². The average Bonchev–Trinajstić information content (AvgIpc) is 3.10. The summed E-state index contributed by atoms with van der Waals surface area (Å²) in [6.07, 6.45) is 5.55. The van der Waals surface area contributed by atoms with Gasteiger partial charge in [0.25, 0.3) is 0 Å². The summed E-state index contributed by atoms with van der Waals surface area (Å²) in [4.78, 5) is 2.61. The maximum Gasteiger partial charge on any atom is 0.119 e. The summed E-state index contributed by atoms with van der Waals surface area (Å²) in [5.41, 5.74) is 1.47. The fraction of sp³-hybridized carbons (Fsp3) is 0.667. The van der Waals surface area contributed by atoms with Crippen LogP contribution in [0.25, 0.3) is 0 Å². The van der Waals surface area contributed by atoms with E-state index < -0.39 is 0 Å². The van der Waals surface area contributed by atoms with Crippen molar-refractivity contribution in [2.75, 3.05) is 20.1 Å². The molecule has 0 bridgehead atoms. The lowest BCUT2D eigenvalue weighted by atomic mass is 9.87. The van der Waals surface area contributed by atoms with E-state index in [0.717, 1.165) is 5.75 Å². The molecule has 3 heteroatoms. The molecule has 1 unspecified atom stereocenters. The van der Waals surface area contributed by atoms with Crippen LogP contribution >= 0.6 is 0 Å². The summed E-state index contributed by atoms with van der Waals surface area (Å²) >= 11 is 0. The van der Waals surface area contributed by atoms with Crippen LogP contribution in [-0.2, 0) is 0 Å². The van der Waals surface area contributed by atoms with Gasteiger partial charge in [0, 0.05) is 11.6 Å². The molecule has 1 saturated heterocycles. The molecule has 3 nitrogen and oxygen atoms in total. The molecule has 1 atom stereocenters. The smallest absolute Gasteiger partial charge is 0.119 e. The van der Waals surface area contributed by atoms with E-state index in [-0.39, 0.29) is 5.54 Å². The minimum Gasteiger partial charge on any atom is -0.490 e. The lowest BCUT2D eigenvalue weighted by Crippen LogP contribution is -2.50. The van der Waals surface area contributed by atoms with E-state index in [0.29, 0.717) is 12.1 Å². The van der Waals surface area contributed by atoms with Crippen LogP contribution in [0.15, 0.2) is 24.3 Å². The van der Waals surface area contributed by atoms with Crippen LogP contribution in [0.1, 0.15) is 51.1 Å². The van der Waals surface area contributed by atoms with Crippen molar-refractivity contribution in [3.05, 3.63) is 29.8 Å². The van der Waals surface area contributed by atoms with Crippen LogP contribution in [-0.4, -0.2) is 36.7 Å². The van der Waals surface area contributed by atoms with Crippen molar-refractivity contribution in [2.24, 2.45) is 0 Å². The van der Waals surface area contributed by atoms with Crippen molar-refractivity contribution in [3.8, 4) is 5.75 Å². The van der Waals surface area contributed by atoms with Gasteiger partial charge >= 0.3 is 0 Å². The normalized spacial score (nSPS) is 21.5. The van der Waals surface area contributed by atoms with Gasteiger partial charge in [-0.15, -0.1) is 0 Å². The molecule has 1 aliphatic carbocycles. The van der Waals surface area contributed by atoms with E-state index in [2.05, 4.69) is 55.4 Å². The van der Waals surface area contributed by atoms with Crippen LogP contribution in [0.5, 0.6) is 5.75 Å². The van der Waals surface area contributed by atoms with E-state index in [1.54, 1.807) is 0 Å². The van der Waals surface area contributed by atoms with E-state index in [4.69, 9.17) is 4.74 Å². The van der Waals surface area contributed by atoms with E-state index in [1.807, 2.05) is 0 Å². The second kappa shape index (κ2) is 5.98. The summed E-state index contributed by atoms with van der Waals surface area (Å²) in [6.45, 7) is 7.14. The molecular formula is C18H28N2O. The number of rotatable bonds is 6. The highest BCUT2D eigenvalue weighted by Gasteiger charge is 2.36. The minimum absolute atomic E-state index is 0.129. The Balaban J connectivity index is 1.74. The largest absolute Gasteiger partial charge is 0.490 e. The molecule has 1 heterocycles. The van der Waals surface area contributed by atoms with Crippen molar-refractivity contribution in [1.29, 1.82) is 0 Å². The number of hydrogen-bond acceptors (Lipinski definition) is 3. The first-order valence-corrected chi connectivity index (χ1v) is 8.30. The predicted octanol–water partition coefficient (Wildman–Crippen LogP) is 3.36. The molecule has 1 aliphatic heterocycles. The highest BCUT2D eigenvalue weighted by Crippen LogP contribution is 2.34. The van der Waals surface area contributed by atoms with Crippen LogP contribution in [0.2, 0.25) is 0 Å². The van der Waals surface area contributed by atoms with Gasteiger partial charge in [-0.05, 0) is 77.4 Å². The highest BCUT2D eigenvalue weighted by molar-refractivity contribution is 5.31. The number of nitrogens with zero attached hydrogens (tertiary/aromatic N) is 1.